The van der Waals surface area contributed by atoms with Crippen molar-refractivity contribution < 1.29 is 29.5 Å². The zero-order valence-corrected chi connectivity index (χ0v) is 14.1. The Balaban J connectivity index is 4.34. The normalized spacial score (nSPS) is 12.4. The number of aliphatic carboxylic acids is 1. The van der Waals surface area contributed by atoms with Gasteiger partial charge in [-0.2, -0.15) is 0 Å². The predicted molar refractivity (Wildman–Crippen MR) is 88.9 cm³/mol. The Morgan fingerprint density at radius 3 is 2.27 bits per heavy atom. The standard InChI is InChI=1S/C13H25N7O6/c14-7(3-4-10(22)23)11(24)18-6-9(21)19-8(12(25)20-26)2-1-5-17-13(15)16/h7-8,26H,1-6,14H2,(H,18,24)(H,19,21)(H,20,25)(H,22,23)(H4,15,16,17)/t7-,8-/m0/s1. The van der Waals surface area contributed by atoms with Crippen LogP contribution in [0.15, 0.2) is 0 Å². The van der Waals surface area contributed by atoms with Crippen LogP contribution in [0.4, 0.5) is 0 Å². The lowest BCUT2D eigenvalue weighted by molar-refractivity contribution is -0.137. The Morgan fingerprint density at radius 1 is 1.08 bits per heavy atom. The second-order valence-electron chi connectivity index (χ2n) is 5.34. The molecule has 0 saturated carbocycles. The minimum atomic E-state index is -1.09. The van der Waals surface area contributed by atoms with Crippen LogP contribution in [0.2, 0.25) is 0 Å². The summed E-state index contributed by atoms with van der Waals surface area (Å²) in [6.07, 6.45) is 0.143. The second kappa shape index (κ2) is 12.4. The molecule has 148 valence electrons. The van der Waals surface area contributed by atoms with E-state index in [0.29, 0.717) is 6.42 Å². The highest BCUT2D eigenvalue weighted by Gasteiger charge is 2.21. The van der Waals surface area contributed by atoms with E-state index in [-0.39, 0.29) is 31.8 Å². The number of nitrogens with two attached hydrogens (primary N) is 2. The van der Waals surface area contributed by atoms with Crippen molar-refractivity contribution in [2.75, 3.05) is 13.1 Å². The quantitative estimate of drug-likeness (QED) is 0.0541. The Morgan fingerprint density at radius 2 is 1.73 bits per heavy atom. The van der Waals surface area contributed by atoms with Gasteiger partial charge in [0, 0.05) is 13.0 Å². The molecule has 0 heterocycles. The molecule has 26 heavy (non-hydrogen) atoms. The Labute approximate surface area is 149 Å². The molecule has 0 fully saturated rings. The monoisotopic (exact) mass is 375 g/mol. The topological polar surface area (TPSA) is 233 Å². The summed E-state index contributed by atoms with van der Waals surface area (Å²) in [6, 6.07) is -2.13. The van der Waals surface area contributed by atoms with Gasteiger partial charge >= 0.3 is 5.97 Å². The average Bonchev–Trinajstić information content (AvgIpc) is 2.58. The molecule has 11 N–H and O–H groups in total. The molecule has 13 nitrogen and oxygen atoms in total. The third kappa shape index (κ3) is 10.8. The predicted octanol–water partition coefficient (Wildman–Crippen LogP) is -3.45. The number of rotatable bonds is 12. The van der Waals surface area contributed by atoms with E-state index in [1.165, 1.54) is 5.48 Å². The summed E-state index contributed by atoms with van der Waals surface area (Å²) in [7, 11) is 0. The minimum Gasteiger partial charge on any atom is -0.481 e. The van der Waals surface area contributed by atoms with Crippen LogP contribution < -0.4 is 32.9 Å². The average molecular weight is 375 g/mol. The van der Waals surface area contributed by atoms with Gasteiger partial charge in [0.05, 0.1) is 12.6 Å². The molecule has 0 aromatic rings. The number of hydroxylamine groups is 1. The molecule has 0 spiro atoms. The number of hydrogen-bond donors (Lipinski definition) is 9. The van der Waals surface area contributed by atoms with Gasteiger partial charge in [0.1, 0.15) is 6.04 Å². The molecule has 0 aliphatic rings. The van der Waals surface area contributed by atoms with Crippen molar-refractivity contribution in [2.24, 2.45) is 11.5 Å². The first-order valence-electron chi connectivity index (χ1n) is 7.73. The van der Waals surface area contributed by atoms with Gasteiger partial charge in [-0.25, -0.2) is 5.48 Å². The first-order valence-corrected chi connectivity index (χ1v) is 7.73. The molecule has 0 aliphatic heterocycles. The van der Waals surface area contributed by atoms with Gasteiger partial charge in [-0.05, 0) is 19.3 Å². The fraction of sp³-hybridized carbons (Fsp3) is 0.615. The van der Waals surface area contributed by atoms with Crippen LogP contribution in [0.25, 0.3) is 0 Å². The van der Waals surface area contributed by atoms with Crippen molar-refractivity contribution in [1.29, 1.82) is 5.41 Å². The summed E-state index contributed by atoms with van der Waals surface area (Å²) in [6.45, 7) is -0.184. The highest BCUT2D eigenvalue weighted by atomic mass is 16.5. The van der Waals surface area contributed by atoms with Gasteiger partial charge < -0.3 is 32.5 Å². The van der Waals surface area contributed by atoms with Crippen LogP contribution in [0.5, 0.6) is 0 Å². The highest BCUT2D eigenvalue weighted by Crippen LogP contribution is 1.98. The van der Waals surface area contributed by atoms with Crippen LogP contribution >= 0.6 is 0 Å². The van der Waals surface area contributed by atoms with E-state index in [2.05, 4.69) is 16.0 Å². The van der Waals surface area contributed by atoms with E-state index in [1.54, 1.807) is 0 Å². The maximum atomic E-state index is 11.8. The van der Waals surface area contributed by atoms with Crippen LogP contribution in [0, 0.1) is 5.41 Å². The molecule has 0 aliphatic carbocycles. The SMILES string of the molecule is N=C(N)NCCC[C@H](NC(=O)CNC(=O)[C@@H](N)CCC(=O)O)C(=O)NO. The van der Waals surface area contributed by atoms with Crippen LogP contribution in [-0.2, 0) is 19.2 Å². The number of amides is 3. The number of carboxylic acid groups (broad SMARTS) is 1. The van der Waals surface area contributed by atoms with E-state index in [0.717, 1.165) is 0 Å². The van der Waals surface area contributed by atoms with E-state index in [1.807, 2.05) is 0 Å². The molecule has 0 rings (SSSR count). The molecule has 0 aromatic carbocycles. The first kappa shape index (κ1) is 23.1. The van der Waals surface area contributed by atoms with Crippen molar-refractivity contribution in [3.05, 3.63) is 0 Å². The first-order chi connectivity index (χ1) is 12.2. The fourth-order valence-electron chi connectivity index (χ4n) is 1.83. The zero-order valence-electron chi connectivity index (χ0n) is 14.1. The van der Waals surface area contributed by atoms with E-state index < -0.39 is 42.3 Å². The molecule has 2 atom stereocenters. The second-order valence-corrected chi connectivity index (χ2v) is 5.34. The number of carbonyl (C=O) groups is 4. The molecule has 0 unspecified atom stereocenters. The molecular weight excluding hydrogens is 350 g/mol. The van der Waals surface area contributed by atoms with E-state index in [4.69, 9.17) is 27.2 Å². The van der Waals surface area contributed by atoms with Crippen molar-refractivity contribution in [3.8, 4) is 0 Å². The van der Waals surface area contributed by atoms with Crippen molar-refractivity contribution in [2.45, 2.75) is 37.8 Å². The van der Waals surface area contributed by atoms with Crippen molar-refractivity contribution in [3.63, 3.8) is 0 Å². The Bertz CT molecular complexity index is 527. The van der Waals surface area contributed by atoms with E-state index >= 15 is 0 Å². The lowest BCUT2D eigenvalue weighted by atomic mass is 10.1. The zero-order chi connectivity index (χ0) is 20.1. The summed E-state index contributed by atoms with van der Waals surface area (Å²) in [5.41, 5.74) is 12.0. The number of hydrogen-bond acceptors (Lipinski definition) is 7. The summed E-state index contributed by atoms with van der Waals surface area (Å²) in [5, 5.41) is 31.3. The van der Waals surface area contributed by atoms with Gasteiger partial charge in [-0.3, -0.25) is 29.8 Å². The maximum absolute atomic E-state index is 11.8. The molecule has 0 saturated heterocycles. The van der Waals surface area contributed by atoms with Crippen LogP contribution in [-0.4, -0.2) is 65.1 Å². The smallest absolute Gasteiger partial charge is 0.303 e. The summed E-state index contributed by atoms with van der Waals surface area (Å²) >= 11 is 0. The molecule has 13 heteroatoms. The Hall–Kier alpha value is -2.93. The molecular formula is C13H25N7O6. The number of nitrogens with one attached hydrogen (secondary N) is 5. The lowest BCUT2D eigenvalue weighted by Crippen LogP contribution is -2.50. The van der Waals surface area contributed by atoms with Gasteiger partial charge in [0.25, 0.3) is 5.91 Å². The maximum Gasteiger partial charge on any atom is 0.303 e. The van der Waals surface area contributed by atoms with Gasteiger partial charge in [-0.1, -0.05) is 0 Å². The summed E-state index contributed by atoms with van der Waals surface area (Å²) in [5.74, 6) is -3.57. The van der Waals surface area contributed by atoms with Crippen LogP contribution in [0.3, 0.4) is 0 Å². The molecule has 0 radical (unpaired) electrons. The largest absolute Gasteiger partial charge is 0.481 e. The molecule has 3 amide bonds. The van der Waals surface area contributed by atoms with Gasteiger partial charge in [0.2, 0.25) is 11.8 Å². The highest BCUT2D eigenvalue weighted by molar-refractivity contribution is 5.90. The lowest BCUT2D eigenvalue weighted by Gasteiger charge is -2.17. The van der Waals surface area contributed by atoms with Gasteiger partial charge in [-0.15, -0.1) is 0 Å². The fourth-order valence-corrected chi connectivity index (χ4v) is 1.83. The third-order valence-electron chi connectivity index (χ3n) is 3.18. The third-order valence-corrected chi connectivity index (χ3v) is 3.18. The van der Waals surface area contributed by atoms with Crippen molar-refractivity contribution in [1.82, 2.24) is 21.4 Å². The van der Waals surface area contributed by atoms with Gasteiger partial charge in [0.15, 0.2) is 5.96 Å². The number of carboxylic acids is 1. The summed E-state index contributed by atoms with van der Waals surface area (Å²) < 4.78 is 0. The Kier molecular flexibility index (Phi) is 11.0. The van der Waals surface area contributed by atoms with Crippen LogP contribution in [0.1, 0.15) is 25.7 Å². The molecule has 0 bridgehead atoms. The minimum absolute atomic E-state index is 0.0819. The van der Waals surface area contributed by atoms with E-state index in [9.17, 15) is 19.2 Å². The molecule has 0 aromatic heterocycles. The number of carbonyl (C=O) groups excluding carboxylic acids is 3. The van der Waals surface area contributed by atoms with Crippen molar-refractivity contribution >= 4 is 29.7 Å². The summed E-state index contributed by atoms with van der Waals surface area (Å²) in [4.78, 5) is 45.4. The number of guanidine groups is 1.